The minimum atomic E-state index is -1.95. The molecule has 0 spiro atoms. The number of aliphatic carboxylic acids is 1. The Labute approximate surface area is 501 Å². The summed E-state index contributed by atoms with van der Waals surface area (Å²) in [6.07, 6.45) is 70.7. The highest BCUT2D eigenvalue weighted by molar-refractivity contribution is 5.74. The molecule has 1 aliphatic heterocycles. The molecule has 1 fully saturated rings. The number of carboxylic acid groups (broad SMARTS) is 1. The van der Waals surface area contributed by atoms with Gasteiger partial charge in [-0.05, 0) is 135 Å². The quantitative estimate of drug-likeness (QED) is 0.0228. The Bertz CT molecular complexity index is 2050. The smallest absolute Gasteiger partial charge is 0.335 e. The molecule has 12 heteroatoms. The van der Waals surface area contributed by atoms with Gasteiger partial charge in [-0.2, -0.15) is 0 Å². The van der Waals surface area contributed by atoms with Crippen LogP contribution in [0.2, 0.25) is 0 Å². The lowest BCUT2D eigenvalue weighted by atomic mass is 9.98. The molecule has 1 aliphatic rings. The zero-order chi connectivity index (χ0) is 60.3. The molecule has 3 N–H and O–H groups in total. The van der Waals surface area contributed by atoms with E-state index in [0.29, 0.717) is 25.7 Å². The number of aliphatic hydroxyl groups excluding tert-OH is 2. The van der Waals surface area contributed by atoms with Crippen LogP contribution in [0, 0.1) is 0 Å². The molecule has 0 amide bonds. The normalized spacial score (nSPS) is 18.7. The Morgan fingerprint density at radius 2 is 0.783 bits per heavy atom. The van der Waals surface area contributed by atoms with Gasteiger partial charge in [-0.15, -0.1) is 0 Å². The van der Waals surface area contributed by atoms with Crippen LogP contribution in [0.15, 0.2) is 158 Å². The number of esters is 3. The number of carbonyl (C=O) groups is 4. The van der Waals surface area contributed by atoms with Crippen molar-refractivity contribution in [3.05, 3.63) is 158 Å². The van der Waals surface area contributed by atoms with E-state index in [-0.39, 0.29) is 25.9 Å². The van der Waals surface area contributed by atoms with Crippen molar-refractivity contribution in [2.45, 2.75) is 250 Å². The van der Waals surface area contributed by atoms with E-state index in [1.807, 2.05) is 18.2 Å². The molecule has 0 bridgehead atoms. The van der Waals surface area contributed by atoms with Crippen LogP contribution in [-0.2, 0) is 42.9 Å². The highest BCUT2D eigenvalue weighted by Gasteiger charge is 2.50. The fourth-order valence-electron chi connectivity index (χ4n) is 8.33. The third-order valence-electron chi connectivity index (χ3n) is 13.1. The second kappa shape index (κ2) is 56.8. The molecule has 0 radical (unpaired) electrons. The van der Waals surface area contributed by atoms with Gasteiger partial charge in [0.25, 0.3) is 0 Å². The number of hydrogen-bond donors (Lipinski definition) is 3. The van der Waals surface area contributed by atoms with Gasteiger partial charge in [0.05, 0.1) is 6.61 Å². The van der Waals surface area contributed by atoms with Crippen LogP contribution in [0.3, 0.4) is 0 Å². The summed E-state index contributed by atoms with van der Waals surface area (Å²) in [5.41, 5.74) is 0. The minimum Gasteiger partial charge on any atom is -0.479 e. The van der Waals surface area contributed by atoms with Gasteiger partial charge in [0.2, 0.25) is 0 Å². The molecule has 0 aliphatic carbocycles. The maximum atomic E-state index is 13.2. The molecule has 0 aromatic carbocycles. The number of hydrogen-bond acceptors (Lipinski definition) is 11. The summed E-state index contributed by atoms with van der Waals surface area (Å²) in [5, 5.41) is 31.5. The first-order chi connectivity index (χ1) is 40.6. The molecule has 83 heavy (non-hydrogen) atoms. The molecule has 12 nitrogen and oxygen atoms in total. The number of carboxylic acids is 1. The standard InChI is InChI=1S/C71H108O12/c1-4-7-10-13-16-19-22-25-28-30-32-34-37-39-42-45-48-51-54-57-63(72)79-60-62(81-64(73)58-55-52-49-46-43-40-36-27-24-21-18-15-12-9-6-3)61-80-71-69(67(76)66(75)68(83-71)70(77)78)82-65(74)59-56-53-50-47-44-41-38-35-33-31-29-26-23-20-17-14-11-8-5-2/h8-9,11-12,16-21,25-29,32-36,41,43-44,46,50,53,62,66-69,71,75-76H,4-7,10,13-15,22-24,30-31,37-40,42,45,47-49,51-52,54-61H2,1-3H3,(H,77,78)/b11-8-,12-9-,19-16-,20-17-,21-18-,28-25-,29-26-,34-32-,35-33-,36-27-,44-41-,46-43-,53-50-. The van der Waals surface area contributed by atoms with Crippen LogP contribution in [0.25, 0.3) is 0 Å². The Balaban J connectivity index is 2.76. The van der Waals surface area contributed by atoms with E-state index in [4.69, 9.17) is 23.7 Å². The van der Waals surface area contributed by atoms with E-state index in [2.05, 4.69) is 161 Å². The average Bonchev–Trinajstić information content (AvgIpc) is 3.60. The largest absolute Gasteiger partial charge is 0.479 e. The van der Waals surface area contributed by atoms with Gasteiger partial charge < -0.3 is 39.0 Å². The summed E-state index contributed by atoms with van der Waals surface area (Å²) in [6, 6.07) is 0. The highest BCUT2D eigenvalue weighted by Crippen LogP contribution is 2.26. The first-order valence-corrected chi connectivity index (χ1v) is 31.5. The molecule has 1 rings (SSSR count). The zero-order valence-electron chi connectivity index (χ0n) is 51.1. The van der Waals surface area contributed by atoms with Crippen molar-refractivity contribution in [3.63, 3.8) is 0 Å². The average molecular weight is 1150 g/mol. The predicted octanol–water partition coefficient (Wildman–Crippen LogP) is 16.9. The second-order valence-corrected chi connectivity index (χ2v) is 20.6. The number of carbonyl (C=O) groups excluding carboxylic acids is 3. The molecule has 0 aromatic heterocycles. The summed E-state index contributed by atoms with van der Waals surface area (Å²) in [6.45, 7) is 5.65. The number of unbranched alkanes of at least 4 members (excludes halogenated alkanes) is 11. The highest BCUT2D eigenvalue weighted by atomic mass is 16.7. The SMILES string of the molecule is CC/C=C\C/C=C\C/C=C\C/C=C\C/C=C\C/C=C\CCC(=O)OC1C(OCC(COC(=O)CCCCCCCC/C=C\C/C=C\C/C=C\CCCCC)OC(=O)CCCC/C=C\C/C=C\C/C=C\C/C=C\CC)OC(C(=O)O)C(O)C1O. The van der Waals surface area contributed by atoms with Crippen molar-refractivity contribution >= 4 is 23.9 Å². The zero-order valence-corrected chi connectivity index (χ0v) is 51.1. The monoisotopic (exact) mass is 1150 g/mol. The number of allylic oxidation sites excluding steroid dienone is 26. The summed E-state index contributed by atoms with van der Waals surface area (Å²) in [7, 11) is 0. The topological polar surface area (TPSA) is 175 Å². The van der Waals surface area contributed by atoms with Crippen molar-refractivity contribution < 1.29 is 58.2 Å². The Kier molecular flexibility index (Phi) is 51.6. The Hall–Kier alpha value is -5.66. The molecule has 6 unspecified atom stereocenters. The van der Waals surface area contributed by atoms with Gasteiger partial charge >= 0.3 is 23.9 Å². The fraction of sp³-hybridized carbons (Fsp3) is 0.577. The van der Waals surface area contributed by atoms with Crippen LogP contribution in [0.4, 0.5) is 0 Å². The van der Waals surface area contributed by atoms with Gasteiger partial charge in [-0.3, -0.25) is 14.4 Å². The van der Waals surface area contributed by atoms with E-state index in [9.17, 15) is 34.5 Å². The molecular formula is C71H108O12. The first-order valence-electron chi connectivity index (χ1n) is 31.5. The van der Waals surface area contributed by atoms with E-state index in [1.54, 1.807) is 0 Å². The van der Waals surface area contributed by atoms with Crippen molar-refractivity contribution in [1.82, 2.24) is 0 Å². The van der Waals surface area contributed by atoms with Gasteiger partial charge in [-0.1, -0.05) is 217 Å². The van der Waals surface area contributed by atoms with E-state index in [0.717, 1.165) is 122 Å². The molecule has 0 saturated carbocycles. The summed E-state index contributed by atoms with van der Waals surface area (Å²) < 4.78 is 28.3. The molecule has 6 atom stereocenters. The molecule has 0 aromatic rings. The van der Waals surface area contributed by atoms with E-state index < -0.39 is 67.3 Å². The van der Waals surface area contributed by atoms with Crippen LogP contribution in [0.5, 0.6) is 0 Å². The lowest BCUT2D eigenvalue weighted by Gasteiger charge is -2.40. The van der Waals surface area contributed by atoms with Crippen LogP contribution >= 0.6 is 0 Å². The fourth-order valence-corrected chi connectivity index (χ4v) is 8.33. The molecule has 1 heterocycles. The summed E-state index contributed by atoms with van der Waals surface area (Å²) in [4.78, 5) is 51.2. The molecular weight excluding hydrogens is 1040 g/mol. The lowest BCUT2D eigenvalue weighted by molar-refractivity contribution is -0.301. The van der Waals surface area contributed by atoms with E-state index >= 15 is 0 Å². The maximum Gasteiger partial charge on any atom is 0.335 e. The maximum absolute atomic E-state index is 13.2. The first kappa shape index (κ1) is 75.4. The third-order valence-corrected chi connectivity index (χ3v) is 13.1. The van der Waals surface area contributed by atoms with Crippen molar-refractivity contribution in [1.29, 1.82) is 0 Å². The van der Waals surface area contributed by atoms with Crippen molar-refractivity contribution in [2.24, 2.45) is 0 Å². The van der Waals surface area contributed by atoms with Gasteiger partial charge in [0.1, 0.15) is 18.8 Å². The number of ether oxygens (including phenoxy) is 5. The van der Waals surface area contributed by atoms with Crippen LogP contribution in [-0.4, -0.2) is 89.2 Å². The summed E-state index contributed by atoms with van der Waals surface area (Å²) in [5.74, 6) is -3.33. The Morgan fingerprint density at radius 1 is 0.410 bits per heavy atom. The number of aliphatic hydroxyl groups is 2. The van der Waals surface area contributed by atoms with Gasteiger partial charge in [0.15, 0.2) is 24.6 Å². The lowest BCUT2D eigenvalue weighted by Crippen LogP contribution is -2.61. The predicted molar refractivity (Wildman–Crippen MR) is 339 cm³/mol. The van der Waals surface area contributed by atoms with Crippen molar-refractivity contribution in [2.75, 3.05) is 13.2 Å². The minimum absolute atomic E-state index is 0.0805. The second-order valence-electron chi connectivity index (χ2n) is 20.6. The number of rotatable bonds is 51. The van der Waals surface area contributed by atoms with Crippen LogP contribution < -0.4 is 0 Å². The van der Waals surface area contributed by atoms with Crippen LogP contribution in [0.1, 0.15) is 213 Å². The van der Waals surface area contributed by atoms with Gasteiger partial charge in [0, 0.05) is 19.3 Å². The van der Waals surface area contributed by atoms with E-state index in [1.165, 1.54) is 25.7 Å². The molecule has 464 valence electrons. The summed E-state index contributed by atoms with van der Waals surface area (Å²) >= 11 is 0. The third kappa shape index (κ3) is 46.4. The van der Waals surface area contributed by atoms with Gasteiger partial charge in [-0.25, -0.2) is 4.79 Å². The Morgan fingerprint density at radius 3 is 1.23 bits per heavy atom. The van der Waals surface area contributed by atoms with Crippen molar-refractivity contribution in [3.8, 4) is 0 Å². The molecule has 1 saturated heterocycles.